The summed E-state index contributed by atoms with van der Waals surface area (Å²) in [6.07, 6.45) is 5.44. The van der Waals surface area contributed by atoms with Crippen LogP contribution >= 0.6 is 0 Å². The van der Waals surface area contributed by atoms with Crippen LogP contribution < -0.4 is 5.73 Å². The maximum Gasteiger partial charge on any atom is 0.314 e. The van der Waals surface area contributed by atoms with Gasteiger partial charge in [-0.1, -0.05) is 12.8 Å². The van der Waals surface area contributed by atoms with Gasteiger partial charge in [-0.15, -0.1) is 0 Å². The number of hydrogen-bond acceptors (Lipinski definition) is 2. The smallest absolute Gasteiger partial charge is 0.314 e. The molecule has 2 aliphatic rings. The lowest BCUT2D eigenvalue weighted by atomic mass is 10.2. The molecule has 80 valence electrons. The molecule has 2 amide bonds. The van der Waals surface area contributed by atoms with E-state index >= 15 is 0 Å². The van der Waals surface area contributed by atoms with Crippen LogP contribution in [0.2, 0.25) is 0 Å². The SMILES string of the molecule is NC(=O)N1CCN(C2CCCC2)CC1. The van der Waals surface area contributed by atoms with Gasteiger partial charge in [0.25, 0.3) is 0 Å². The Morgan fingerprint density at radius 2 is 1.64 bits per heavy atom. The Kier molecular flexibility index (Phi) is 2.91. The number of nitrogens with zero attached hydrogens (tertiary/aromatic N) is 2. The van der Waals surface area contributed by atoms with Gasteiger partial charge in [-0.2, -0.15) is 0 Å². The molecule has 1 aliphatic heterocycles. The van der Waals surface area contributed by atoms with Crippen LogP contribution in [0.5, 0.6) is 0 Å². The van der Waals surface area contributed by atoms with Crippen LogP contribution in [0.1, 0.15) is 25.7 Å². The van der Waals surface area contributed by atoms with Gasteiger partial charge in [-0.3, -0.25) is 4.90 Å². The fourth-order valence-corrected chi connectivity index (χ4v) is 2.58. The Hall–Kier alpha value is -0.770. The second kappa shape index (κ2) is 4.17. The van der Waals surface area contributed by atoms with Gasteiger partial charge in [0.15, 0.2) is 0 Å². The van der Waals surface area contributed by atoms with Crippen molar-refractivity contribution in [3.8, 4) is 0 Å². The van der Waals surface area contributed by atoms with Crippen molar-refractivity contribution in [1.29, 1.82) is 0 Å². The highest BCUT2D eigenvalue weighted by atomic mass is 16.2. The van der Waals surface area contributed by atoms with Crippen LogP contribution in [-0.4, -0.2) is 48.1 Å². The van der Waals surface area contributed by atoms with Crippen LogP contribution in [0.3, 0.4) is 0 Å². The van der Waals surface area contributed by atoms with E-state index in [9.17, 15) is 4.79 Å². The van der Waals surface area contributed by atoms with E-state index in [0.29, 0.717) is 0 Å². The number of carbonyl (C=O) groups is 1. The van der Waals surface area contributed by atoms with Crippen molar-refractivity contribution >= 4 is 6.03 Å². The summed E-state index contributed by atoms with van der Waals surface area (Å²) in [5, 5.41) is 0. The molecule has 0 bridgehead atoms. The van der Waals surface area contributed by atoms with Crippen LogP contribution in [0.15, 0.2) is 0 Å². The number of piperazine rings is 1. The predicted molar refractivity (Wildman–Crippen MR) is 55.0 cm³/mol. The zero-order valence-corrected chi connectivity index (χ0v) is 8.61. The molecule has 2 N–H and O–H groups in total. The lowest BCUT2D eigenvalue weighted by molar-refractivity contribution is 0.113. The summed E-state index contributed by atoms with van der Waals surface area (Å²) in [5.41, 5.74) is 5.23. The van der Waals surface area contributed by atoms with Gasteiger partial charge < -0.3 is 10.6 Å². The fraction of sp³-hybridized carbons (Fsp3) is 0.900. The molecule has 1 heterocycles. The van der Waals surface area contributed by atoms with Crippen molar-refractivity contribution in [2.24, 2.45) is 5.73 Å². The molecule has 4 nitrogen and oxygen atoms in total. The highest BCUT2D eigenvalue weighted by molar-refractivity contribution is 5.72. The molecule has 2 fully saturated rings. The lowest BCUT2D eigenvalue weighted by Gasteiger charge is -2.37. The van der Waals surface area contributed by atoms with Gasteiger partial charge in [0.2, 0.25) is 0 Å². The van der Waals surface area contributed by atoms with E-state index < -0.39 is 0 Å². The molecule has 2 rings (SSSR count). The minimum absolute atomic E-state index is 0.268. The third-order valence-electron chi connectivity index (χ3n) is 3.47. The quantitative estimate of drug-likeness (QED) is 0.670. The molecule has 1 saturated heterocycles. The second-order valence-electron chi connectivity index (χ2n) is 4.30. The van der Waals surface area contributed by atoms with Crippen molar-refractivity contribution in [3.05, 3.63) is 0 Å². The van der Waals surface area contributed by atoms with E-state index in [1.807, 2.05) is 0 Å². The summed E-state index contributed by atoms with van der Waals surface area (Å²) in [5.74, 6) is 0. The van der Waals surface area contributed by atoms with E-state index in [1.54, 1.807) is 4.90 Å². The van der Waals surface area contributed by atoms with E-state index in [2.05, 4.69) is 4.90 Å². The number of carbonyl (C=O) groups excluding carboxylic acids is 1. The average Bonchev–Trinajstić information content (AvgIpc) is 2.71. The number of rotatable bonds is 1. The molecule has 0 unspecified atom stereocenters. The third kappa shape index (κ3) is 2.00. The Morgan fingerprint density at radius 3 is 2.14 bits per heavy atom. The van der Waals surface area contributed by atoms with Crippen molar-refractivity contribution in [3.63, 3.8) is 0 Å². The van der Waals surface area contributed by atoms with Crippen LogP contribution in [0, 0.1) is 0 Å². The summed E-state index contributed by atoms with van der Waals surface area (Å²) < 4.78 is 0. The van der Waals surface area contributed by atoms with E-state index in [1.165, 1.54) is 25.7 Å². The molecule has 0 aromatic rings. The molecule has 0 spiro atoms. The maximum absolute atomic E-state index is 10.9. The summed E-state index contributed by atoms with van der Waals surface area (Å²) in [6.45, 7) is 3.64. The van der Waals surface area contributed by atoms with Gasteiger partial charge in [0, 0.05) is 32.2 Å². The summed E-state index contributed by atoms with van der Waals surface area (Å²) >= 11 is 0. The zero-order valence-electron chi connectivity index (χ0n) is 8.61. The highest BCUT2D eigenvalue weighted by Gasteiger charge is 2.26. The fourth-order valence-electron chi connectivity index (χ4n) is 2.58. The molecular formula is C10H19N3O. The molecule has 0 atom stereocenters. The molecule has 4 heteroatoms. The zero-order chi connectivity index (χ0) is 9.97. The molecular weight excluding hydrogens is 178 g/mol. The third-order valence-corrected chi connectivity index (χ3v) is 3.47. The first-order valence-electron chi connectivity index (χ1n) is 5.56. The standard InChI is InChI=1S/C10H19N3O/c11-10(14)13-7-5-12(6-8-13)9-3-1-2-4-9/h9H,1-8H2,(H2,11,14). The molecule has 1 aliphatic carbocycles. The van der Waals surface area contributed by atoms with E-state index in [4.69, 9.17) is 5.73 Å². The molecule has 1 saturated carbocycles. The van der Waals surface area contributed by atoms with Crippen molar-refractivity contribution in [2.75, 3.05) is 26.2 Å². The van der Waals surface area contributed by atoms with Gasteiger partial charge >= 0.3 is 6.03 Å². The topological polar surface area (TPSA) is 49.6 Å². The normalized spacial score (nSPS) is 25.6. The van der Waals surface area contributed by atoms with Gasteiger partial charge in [-0.25, -0.2) is 4.79 Å². The highest BCUT2D eigenvalue weighted by Crippen LogP contribution is 2.24. The largest absolute Gasteiger partial charge is 0.351 e. The number of amides is 2. The van der Waals surface area contributed by atoms with Gasteiger partial charge in [-0.05, 0) is 12.8 Å². The predicted octanol–water partition coefficient (Wildman–Crippen LogP) is 0.625. The Labute approximate surface area is 85.0 Å². The van der Waals surface area contributed by atoms with Crippen LogP contribution in [0.4, 0.5) is 4.79 Å². The first kappa shape index (κ1) is 9.77. The minimum Gasteiger partial charge on any atom is -0.351 e. The number of hydrogen-bond donors (Lipinski definition) is 1. The first-order chi connectivity index (χ1) is 6.77. The molecule has 0 aromatic carbocycles. The summed E-state index contributed by atoms with van der Waals surface area (Å²) in [7, 11) is 0. The van der Waals surface area contributed by atoms with E-state index in [0.717, 1.165) is 32.2 Å². The monoisotopic (exact) mass is 197 g/mol. The second-order valence-corrected chi connectivity index (χ2v) is 4.30. The molecule has 0 radical (unpaired) electrons. The number of primary amides is 1. The number of nitrogens with two attached hydrogens (primary N) is 1. The molecule has 14 heavy (non-hydrogen) atoms. The number of urea groups is 1. The van der Waals surface area contributed by atoms with E-state index in [-0.39, 0.29) is 6.03 Å². The van der Waals surface area contributed by atoms with Crippen molar-refractivity contribution in [1.82, 2.24) is 9.80 Å². The Morgan fingerprint density at radius 1 is 1.07 bits per heavy atom. The lowest BCUT2D eigenvalue weighted by Crippen LogP contribution is -2.52. The summed E-state index contributed by atoms with van der Waals surface area (Å²) in [4.78, 5) is 15.2. The molecule has 0 aromatic heterocycles. The van der Waals surface area contributed by atoms with Crippen molar-refractivity contribution in [2.45, 2.75) is 31.7 Å². The van der Waals surface area contributed by atoms with Crippen LogP contribution in [-0.2, 0) is 0 Å². The minimum atomic E-state index is -0.268. The average molecular weight is 197 g/mol. The van der Waals surface area contributed by atoms with Gasteiger partial charge in [0.05, 0.1) is 0 Å². The Balaban J connectivity index is 1.80. The first-order valence-corrected chi connectivity index (χ1v) is 5.56. The Bertz CT molecular complexity index is 205. The summed E-state index contributed by atoms with van der Waals surface area (Å²) in [6, 6.07) is 0.515. The van der Waals surface area contributed by atoms with Gasteiger partial charge in [0.1, 0.15) is 0 Å². The van der Waals surface area contributed by atoms with Crippen LogP contribution in [0.25, 0.3) is 0 Å². The maximum atomic E-state index is 10.9. The van der Waals surface area contributed by atoms with Crippen molar-refractivity contribution < 1.29 is 4.79 Å².